The van der Waals surface area contributed by atoms with Gasteiger partial charge in [0.05, 0.1) is 13.2 Å². The summed E-state index contributed by atoms with van der Waals surface area (Å²) in [5, 5.41) is 15.4. The normalized spacial score (nSPS) is 12.3. The SMILES string of the molecule is C[C@@H](CO)NC(=O)c1cc(CN(C)CCc2ccccc2)on1. The first kappa shape index (κ1) is 17.2. The summed E-state index contributed by atoms with van der Waals surface area (Å²) in [6.45, 7) is 3.07. The lowest BCUT2D eigenvalue weighted by atomic mass is 10.1. The summed E-state index contributed by atoms with van der Waals surface area (Å²) in [7, 11) is 2.00. The number of aliphatic hydroxyl groups is 1. The van der Waals surface area contributed by atoms with E-state index in [1.54, 1.807) is 13.0 Å². The van der Waals surface area contributed by atoms with Crippen molar-refractivity contribution in [1.29, 1.82) is 0 Å². The number of rotatable bonds is 8. The van der Waals surface area contributed by atoms with E-state index in [2.05, 4.69) is 27.5 Å². The molecule has 0 fully saturated rings. The van der Waals surface area contributed by atoms with Crippen molar-refractivity contribution in [2.24, 2.45) is 0 Å². The van der Waals surface area contributed by atoms with Crippen LogP contribution in [0.5, 0.6) is 0 Å². The van der Waals surface area contributed by atoms with Gasteiger partial charge in [-0.05, 0) is 26.0 Å². The second kappa shape index (κ2) is 8.45. The van der Waals surface area contributed by atoms with Gasteiger partial charge in [0.1, 0.15) is 0 Å². The number of amides is 1. The predicted molar refractivity (Wildman–Crippen MR) is 87.0 cm³/mol. The largest absolute Gasteiger partial charge is 0.394 e. The Morgan fingerprint density at radius 1 is 1.39 bits per heavy atom. The van der Waals surface area contributed by atoms with Crippen LogP contribution in [0.4, 0.5) is 0 Å². The highest BCUT2D eigenvalue weighted by Gasteiger charge is 2.15. The number of aliphatic hydroxyl groups excluding tert-OH is 1. The van der Waals surface area contributed by atoms with Crippen LogP contribution in [0.15, 0.2) is 40.9 Å². The third kappa shape index (κ3) is 5.50. The van der Waals surface area contributed by atoms with Gasteiger partial charge in [0.15, 0.2) is 11.5 Å². The Hall–Kier alpha value is -2.18. The first-order valence-corrected chi connectivity index (χ1v) is 7.68. The fourth-order valence-corrected chi connectivity index (χ4v) is 2.15. The molecule has 0 unspecified atom stereocenters. The fourth-order valence-electron chi connectivity index (χ4n) is 2.15. The smallest absolute Gasteiger partial charge is 0.273 e. The molecule has 2 aromatic rings. The number of carbonyl (C=O) groups is 1. The molecule has 0 aliphatic heterocycles. The average molecular weight is 317 g/mol. The summed E-state index contributed by atoms with van der Waals surface area (Å²) in [4.78, 5) is 14.0. The predicted octanol–water partition coefficient (Wildman–Crippen LogP) is 1.46. The third-order valence-electron chi connectivity index (χ3n) is 3.49. The molecule has 0 aliphatic rings. The first-order chi connectivity index (χ1) is 11.1. The van der Waals surface area contributed by atoms with Crippen LogP contribution in [0.2, 0.25) is 0 Å². The van der Waals surface area contributed by atoms with Crippen LogP contribution in [0.25, 0.3) is 0 Å². The molecule has 0 aliphatic carbocycles. The van der Waals surface area contributed by atoms with Crippen molar-refractivity contribution in [1.82, 2.24) is 15.4 Å². The van der Waals surface area contributed by atoms with E-state index in [1.165, 1.54) is 5.56 Å². The second-order valence-corrected chi connectivity index (χ2v) is 5.71. The Morgan fingerprint density at radius 3 is 2.83 bits per heavy atom. The fraction of sp³-hybridized carbons (Fsp3) is 0.412. The number of nitrogens with zero attached hydrogens (tertiary/aromatic N) is 2. The Balaban J connectivity index is 1.82. The Kier molecular flexibility index (Phi) is 6.31. The average Bonchev–Trinajstić information content (AvgIpc) is 3.02. The van der Waals surface area contributed by atoms with Crippen LogP contribution in [-0.4, -0.2) is 47.3 Å². The highest BCUT2D eigenvalue weighted by atomic mass is 16.5. The lowest BCUT2D eigenvalue weighted by Crippen LogP contribution is -2.35. The van der Waals surface area contributed by atoms with Gasteiger partial charge in [-0.25, -0.2) is 0 Å². The molecule has 0 bridgehead atoms. The third-order valence-corrected chi connectivity index (χ3v) is 3.49. The number of nitrogens with one attached hydrogen (secondary N) is 1. The second-order valence-electron chi connectivity index (χ2n) is 5.71. The number of aromatic nitrogens is 1. The summed E-state index contributed by atoms with van der Waals surface area (Å²) in [5.41, 5.74) is 1.52. The zero-order valence-electron chi connectivity index (χ0n) is 13.5. The molecule has 6 heteroatoms. The van der Waals surface area contributed by atoms with Gasteiger partial charge in [-0.2, -0.15) is 0 Å². The number of benzene rings is 1. The molecular formula is C17H23N3O3. The standard InChI is InChI=1S/C17H23N3O3/c1-13(12-21)18-17(22)16-10-15(23-19-16)11-20(2)9-8-14-6-4-3-5-7-14/h3-7,10,13,21H,8-9,11-12H2,1-2H3,(H,18,22)/t13-/m0/s1. The summed E-state index contributed by atoms with van der Waals surface area (Å²) in [6.07, 6.45) is 0.951. The number of hydrogen-bond acceptors (Lipinski definition) is 5. The highest BCUT2D eigenvalue weighted by Crippen LogP contribution is 2.08. The topological polar surface area (TPSA) is 78.6 Å². The van der Waals surface area contributed by atoms with E-state index in [0.717, 1.165) is 13.0 Å². The van der Waals surface area contributed by atoms with E-state index in [-0.39, 0.29) is 24.2 Å². The first-order valence-electron chi connectivity index (χ1n) is 7.68. The van der Waals surface area contributed by atoms with Crippen LogP contribution in [0, 0.1) is 0 Å². The molecule has 2 rings (SSSR count). The minimum atomic E-state index is -0.339. The lowest BCUT2D eigenvalue weighted by Gasteiger charge is -2.14. The summed E-state index contributed by atoms with van der Waals surface area (Å²) in [5.74, 6) is 0.302. The molecule has 23 heavy (non-hydrogen) atoms. The van der Waals surface area contributed by atoms with Crippen molar-refractivity contribution < 1.29 is 14.4 Å². The Bertz CT molecular complexity index is 613. The minimum absolute atomic E-state index is 0.112. The molecule has 0 saturated carbocycles. The molecule has 1 aromatic carbocycles. The van der Waals surface area contributed by atoms with Gasteiger partial charge in [-0.15, -0.1) is 0 Å². The molecule has 1 atom stereocenters. The zero-order valence-corrected chi connectivity index (χ0v) is 13.5. The van der Waals surface area contributed by atoms with Gasteiger partial charge in [-0.3, -0.25) is 9.69 Å². The van der Waals surface area contributed by atoms with Gasteiger partial charge in [0.25, 0.3) is 5.91 Å². The van der Waals surface area contributed by atoms with E-state index in [1.807, 2.05) is 25.2 Å². The van der Waals surface area contributed by atoms with Crippen molar-refractivity contribution >= 4 is 5.91 Å². The van der Waals surface area contributed by atoms with Crippen molar-refractivity contribution in [3.8, 4) is 0 Å². The van der Waals surface area contributed by atoms with Crippen molar-refractivity contribution in [3.63, 3.8) is 0 Å². The van der Waals surface area contributed by atoms with Crippen LogP contribution in [0.3, 0.4) is 0 Å². The number of hydrogen-bond donors (Lipinski definition) is 2. The summed E-state index contributed by atoms with van der Waals surface area (Å²) in [6, 6.07) is 11.6. The molecule has 1 aromatic heterocycles. The Labute approximate surface area is 136 Å². The molecule has 1 amide bonds. The van der Waals surface area contributed by atoms with Gasteiger partial charge in [-0.1, -0.05) is 35.5 Å². The zero-order chi connectivity index (χ0) is 16.7. The van der Waals surface area contributed by atoms with E-state index >= 15 is 0 Å². The molecule has 6 nitrogen and oxygen atoms in total. The monoisotopic (exact) mass is 317 g/mol. The van der Waals surface area contributed by atoms with Crippen LogP contribution < -0.4 is 5.32 Å². The lowest BCUT2D eigenvalue weighted by molar-refractivity contribution is 0.0913. The molecule has 124 valence electrons. The molecular weight excluding hydrogens is 294 g/mol. The minimum Gasteiger partial charge on any atom is -0.394 e. The molecule has 0 saturated heterocycles. The Morgan fingerprint density at radius 2 is 2.13 bits per heavy atom. The summed E-state index contributed by atoms with van der Waals surface area (Å²) >= 11 is 0. The van der Waals surface area contributed by atoms with Crippen molar-refractivity contribution in [2.45, 2.75) is 25.9 Å². The summed E-state index contributed by atoms with van der Waals surface area (Å²) < 4.78 is 5.21. The van der Waals surface area contributed by atoms with E-state index in [9.17, 15) is 4.79 Å². The van der Waals surface area contributed by atoms with Crippen LogP contribution in [0.1, 0.15) is 28.7 Å². The maximum Gasteiger partial charge on any atom is 0.273 e. The molecule has 1 heterocycles. The van der Waals surface area contributed by atoms with Gasteiger partial charge < -0.3 is 14.9 Å². The van der Waals surface area contributed by atoms with Gasteiger partial charge in [0, 0.05) is 18.7 Å². The maximum absolute atomic E-state index is 11.9. The molecule has 0 radical (unpaired) electrons. The van der Waals surface area contributed by atoms with E-state index in [4.69, 9.17) is 9.63 Å². The quantitative estimate of drug-likeness (QED) is 0.770. The maximum atomic E-state index is 11.9. The van der Waals surface area contributed by atoms with Crippen LogP contribution in [-0.2, 0) is 13.0 Å². The van der Waals surface area contributed by atoms with E-state index < -0.39 is 0 Å². The van der Waals surface area contributed by atoms with Gasteiger partial charge in [0.2, 0.25) is 0 Å². The number of likely N-dealkylation sites (N-methyl/N-ethyl adjacent to an activating group) is 1. The van der Waals surface area contributed by atoms with Crippen LogP contribution >= 0.6 is 0 Å². The van der Waals surface area contributed by atoms with Crippen molar-refractivity contribution in [3.05, 3.63) is 53.4 Å². The van der Waals surface area contributed by atoms with Gasteiger partial charge >= 0.3 is 0 Å². The highest BCUT2D eigenvalue weighted by molar-refractivity contribution is 5.92. The number of carbonyl (C=O) groups excluding carboxylic acids is 1. The van der Waals surface area contributed by atoms with Crippen molar-refractivity contribution in [2.75, 3.05) is 20.2 Å². The molecule has 0 spiro atoms. The van der Waals surface area contributed by atoms with E-state index in [0.29, 0.717) is 12.3 Å². The molecule has 2 N–H and O–H groups in total.